The average molecular weight is 229 g/mol. The summed E-state index contributed by atoms with van der Waals surface area (Å²) in [6, 6.07) is 0. The highest BCUT2D eigenvalue weighted by molar-refractivity contribution is 4.74. The summed E-state index contributed by atoms with van der Waals surface area (Å²) in [6.07, 6.45) is 5.97. The van der Waals surface area contributed by atoms with Gasteiger partial charge in [-0.15, -0.1) is 0 Å². The number of hydrogen-bond acceptors (Lipinski definition) is 3. The van der Waals surface area contributed by atoms with Crippen molar-refractivity contribution in [3.63, 3.8) is 0 Å². The maximum Gasteiger partial charge on any atom is 0.0667 e. The lowest BCUT2D eigenvalue weighted by molar-refractivity contribution is 0.123. The molecule has 1 aliphatic carbocycles. The molecular weight excluding hydrogens is 202 g/mol. The van der Waals surface area contributed by atoms with Gasteiger partial charge in [0, 0.05) is 25.1 Å². The molecule has 16 heavy (non-hydrogen) atoms. The van der Waals surface area contributed by atoms with Crippen LogP contribution in [0.1, 0.15) is 46.0 Å². The third-order valence-electron chi connectivity index (χ3n) is 3.49. The molecule has 0 spiro atoms. The van der Waals surface area contributed by atoms with E-state index in [2.05, 4.69) is 5.32 Å². The number of hydrogen-bond donors (Lipinski definition) is 3. The minimum absolute atomic E-state index is 0.0902. The summed E-state index contributed by atoms with van der Waals surface area (Å²) >= 11 is 0. The fraction of sp³-hybridized carbons (Fsp3) is 1.00. The van der Waals surface area contributed by atoms with Gasteiger partial charge in [0.05, 0.1) is 6.10 Å². The van der Waals surface area contributed by atoms with E-state index in [0.717, 1.165) is 18.9 Å². The zero-order chi connectivity index (χ0) is 12.0. The Morgan fingerprint density at radius 2 is 1.94 bits per heavy atom. The highest BCUT2D eigenvalue weighted by Gasteiger charge is 2.20. The molecule has 0 aromatic carbocycles. The first-order chi connectivity index (χ1) is 7.53. The number of aliphatic hydroxyl groups excluding tert-OH is 2. The van der Waals surface area contributed by atoms with Crippen LogP contribution in [0.3, 0.4) is 0 Å². The van der Waals surface area contributed by atoms with Crippen LogP contribution < -0.4 is 5.32 Å². The molecule has 3 heteroatoms. The first kappa shape index (κ1) is 13.9. The Morgan fingerprint density at radius 3 is 2.50 bits per heavy atom. The van der Waals surface area contributed by atoms with E-state index in [1.165, 1.54) is 25.7 Å². The van der Waals surface area contributed by atoms with Crippen molar-refractivity contribution in [1.29, 1.82) is 0 Å². The van der Waals surface area contributed by atoms with Crippen LogP contribution in [0.2, 0.25) is 0 Å². The molecule has 0 saturated heterocycles. The lowest BCUT2D eigenvalue weighted by Gasteiger charge is -2.23. The van der Waals surface area contributed by atoms with Crippen LogP contribution in [0, 0.1) is 11.3 Å². The molecule has 0 aliphatic heterocycles. The fourth-order valence-electron chi connectivity index (χ4n) is 2.35. The highest BCUT2D eigenvalue weighted by Crippen LogP contribution is 2.28. The van der Waals surface area contributed by atoms with Crippen molar-refractivity contribution in [1.82, 2.24) is 5.32 Å². The third kappa shape index (κ3) is 5.28. The molecule has 3 nitrogen and oxygen atoms in total. The Balaban J connectivity index is 2.07. The van der Waals surface area contributed by atoms with E-state index >= 15 is 0 Å². The van der Waals surface area contributed by atoms with Crippen LogP contribution in [-0.4, -0.2) is 36.0 Å². The largest absolute Gasteiger partial charge is 0.396 e. The van der Waals surface area contributed by atoms with E-state index < -0.39 is 0 Å². The number of nitrogens with one attached hydrogen (secondary N) is 1. The van der Waals surface area contributed by atoms with Crippen LogP contribution >= 0.6 is 0 Å². The predicted molar refractivity (Wildman–Crippen MR) is 66.3 cm³/mol. The smallest absolute Gasteiger partial charge is 0.0667 e. The standard InChI is InChI=1S/C13H27NO2/c1-13(2,10-15)9-14-8-12(16)7-11-5-3-4-6-11/h11-12,14-16H,3-10H2,1-2H3. The first-order valence-electron chi connectivity index (χ1n) is 6.53. The lowest BCUT2D eigenvalue weighted by atomic mass is 9.94. The average Bonchev–Trinajstić information content (AvgIpc) is 2.70. The van der Waals surface area contributed by atoms with Gasteiger partial charge in [-0.3, -0.25) is 0 Å². The minimum Gasteiger partial charge on any atom is -0.396 e. The van der Waals surface area contributed by atoms with Crippen LogP contribution in [0.5, 0.6) is 0 Å². The zero-order valence-electron chi connectivity index (χ0n) is 10.7. The Bertz CT molecular complexity index is 188. The van der Waals surface area contributed by atoms with E-state index in [-0.39, 0.29) is 18.1 Å². The van der Waals surface area contributed by atoms with Gasteiger partial charge in [0.15, 0.2) is 0 Å². The highest BCUT2D eigenvalue weighted by atomic mass is 16.3. The number of aliphatic hydroxyl groups is 2. The van der Waals surface area contributed by atoms with Gasteiger partial charge in [-0.2, -0.15) is 0 Å². The summed E-state index contributed by atoms with van der Waals surface area (Å²) in [6.45, 7) is 5.62. The van der Waals surface area contributed by atoms with Crippen molar-refractivity contribution in [2.24, 2.45) is 11.3 Å². The summed E-state index contributed by atoms with van der Waals surface area (Å²) in [5.41, 5.74) is -0.0902. The summed E-state index contributed by atoms with van der Waals surface area (Å²) in [4.78, 5) is 0. The van der Waals surface area contributed by atoms with Gasteiger partial charge in [-0.05, 0) is 12.3 Å². The van der Waals surface area contributed by atoms with Crippen LogP contribution in [0.25, 0.3) is 0 Å². The molecule has 3 N–H and O–H groups in total. The van der Waals surface area contributed by atoms with Gasteiger partial charge in [-0.1, -0.05) is 39.5 Å². The number of rotatable bonds is 7. The second-order valence-electron chi connectivity index (χ2n) is 5.99. The van der Waals surface area contributed by atoms with Crippen molar-refractivity contribution >= 4 is 0 Å². The molecule has 1 aliphatic rings. The van der Waals surface area contributed by atoms with E-state index in [4.69, 9.17) is 5.11 Å². The van der Waals surface area contributed by atoms with Crippen molar-refractivity contribution < 1.29 is 10.2 Å². The normalized spacial score (nSPS) is 20.2. The Morgan fingerprint density at radius 1 is 1.31 bits per heavy atom. The summed E-state index contributed by atoms with van der Waals surface area (Å²) in [5, 5.41) is 22.2. The molecule has 0 radical (unpaired) electrons. The summed E-state index contributed by atoms with van der Waals surface area (Å²) in [5.74, 6) is 0.739. The first-order valence-corrected chi connectivity index (χ1v) is 6.53. The topological polar surface area (TPSA) is 52.5 Å². The van der Waals surface area contributed by atoms with E-state index in [1.54, 1.807) is 0 Å². The maximum atomic E-state index is 9.85. The van der Waals surface area contributed by atoms with E-state index in [1.807, 2.05) is 13.8 Å². The molecule has 1 atom stereocenters. The van der Waals surface area contributed by atoms with E-state index in [0.29, 0.717) is 6.54 Å². The molecule has 0 aromatic rings. The SMILES string of the molecule is CC(C)(CO)CNCC(O)CC1CCCC1. The fourth-order valence-corrected chi connectivity index (χ4v) is 2.35. The van der Waals surface area contributed by atoms with Crippen molar-refractivity contribution in [3.05, 3.63) is 0 Å². The lowest BCUT2D eigenvalue weighted by Crippen LogP contribution is -2.37. The van der Waals surface area contributed by atoms with Crippen molar-refractivity contribution in [3.8, 4) is 0 Å². The van der Waals surface area contributed by atoms with Gasteiger partial charge in [-0.25, -0.2) is 0 Å². The molecule has 1 unspecified atom stereocenters. The van der Waals surface area contributed by atoms with Gasteiger partial charge in [0.25, 0.3) is 0 Å². The third-order valence-corrected chi connectivity index (χ3v) is 3.49. The Kier molecular flexibility index (Phi) is 5.73. The molecule has 1 saturated carbocycles. The molecule has 0 bridgehead atoms. The molecule has 0 heterocycles. The second-order valence-corrected chi connectivity index (χ2v) is 5.99. The zero-order valence-corrected chi connectivity index (χ0v) is 10.7. The minimum atomic E-state index is -0.224. The van der Waals surface area contributed by atoms with Gasteiger partial charge >= 0.3 is 0 Å². The van der Waals surface area contributed by atoms with Crippen molar-refractivity contribution in [2.45, 2.75) is 52.1 Å². The van der Waals surface area contributed by atoms with Gasteiger partial charge in [0.2, 0.25) is 0 Å². The monoisotopic (exact) mass is 229 g/mol. The summed E-state index contributed by atoms with van der Waals surface area (Å²) < 4.78 is 0. The van der Waals surface area contributed by atoms with Gasteiger partial charge < -0.3 is 15.5 Å². The van der Waals surface area contributed by atoms with Crippen LogP contribution in [0.15, 0.2) is 0 Å². The van der Waals surface area contributed by atoms with Gasteiger partial charge in [0.1, 0.15) is 0 Å². The van der Waals surface area contributed by atoms with Crippen LogP contribution in [-0.2, 0) is 0 Å². The molecular formula is C13H27NO2. The maximum absolute atomic E-state index is 9.85. The molecule has 96 valence electrons. The van der Waals surface area contributed by atoms with E-state index in [9.17, 15) is 5.11 Å². The second kappa shape index (κ2) is 6.58. The molecule has 0 aromatic heterocycles. The summed E-state index contributed by atoms with van der Waals surface area (Å²) in [7, 11) is 0. The molecule has 1 rings (SSSR count). The predicted octanol–water partition coefficient (Wildman–Crippen LogP) is 1.54. The van der Waals surface area contributed by atoms with Crippen molar-refractivity contribution in [2.75, 3.05) is 19.7 Å². The Labute approximate surface area is 99.3 Å². The Hall–Kier alpha value is -0.120. The molecule has 0 amide bonds. The van der Waals surface area contributed by atoms with Crippen LogP contribution in [0.4, 0.5) is 0 Å². The quantitative estimate of drug-likeness (QED) is 0.620. The molecule has 1 fully saturated rings.